The zero-order valence-corrected chi connectivity index (χ0v) is 33.9. The Morgan fingerprint density at radius 1 is 0.608 bits per heavy atom. The lowest BCUT2D eigenvalue weighted by Crippen LogP contribution is -2.37. The van der Waals surface area contributed by atoms with Crippen LogP contribution in [0.15, 0.2) is 48.6 Å². The number of unbranched alkanes of at least 4 members (excludes halogenated alkanes) is 13. The first-order valence-electron chi connectivity index (χ1n) is 19.8. The summed E-state index contributed by atoms with van der Waals surface area (Å²) in [6.07, 6.45) is 37.2. The first-order valence-corrected chi connectivity index (χ1v) is 21.3. The lowest BCUT2D eigenvalue weighted by atomic mass is 10.1. The maximum absolute atomic E-state index is 12.6. The van der Waals surface area contributed by atoms with Crippen molar-refractivity contribution in [1.82, 2.24) is 0 Å². The Hall–Kier alpha value is -2.03. The van der Waals surface area contributed by atoms with Gasteiger partial charge in [0.2, 0.25) is 0 Å². The Balaban J connectivity index is 4.49. The summed E-state index contributed by atoms with van der Waals surface area (Å²) >= 11 is 0. The Kier molecular flexibility index (Phi) is 32.4. The van der Waals surface area contributed by atoms with Crippen LogP contribution in [0, 0.1) is 0 Å². The van der Waals surface area contributed by atoms with Crippen molar-refractivity contribution in [2.45, 2.75) is 155 Å². The summed E-state index contributed by atoms with van der Waals surface area (Å²) in [4.78, 5) is 37.3. The zero-order chi connectivity index (χ0) is 37.9. The van der Waals surface area contributed by atoms with E-state index in [0.29, 0.717) is 23.9 Å². The predicted octanol–water partition coefficient (Wildman–Crippen LogP) is 10.1. The van der Waals surface area contributed by atoms with Gasteiger partial charge in [0.1, 0.15) is 19.8 Å². The highest BCUT2D eigenvalue weighted by Crippen LogP contribution is 2.38. The molecule has 0 heterocycles. The van der Waals surface area contributed by atoms with Crippen LogP contribution >= 0.6 is 7.82 Å². The number of carbonyl (C=O) groups excluding carboxylic acids is 2. The number of carbonyl (C=O) groups is 2. The Morgan fingerprint density at radius 2 is 1.08 bits per heavy atom. The number of rotatable bonds is 35. The van der Waals surface area contributed by atoms with Gasteiger partial charge in [-0.05, 0) is 51.4 Å². The molecule has 0 aromatic heterocycles. The molecule has 0 fully saturated rings. The Labute approximate surface area is 312 Å². The molecule has 0 aromatic carbocycles. The third-order valence-corrected chi connectivity index (χ3v) is 9.07. The van der Waals surface area contributed by atoms with Crippen molar-refractivity contribution >= 4 is 19.8 Å². The van der Waals surface area contributed by atoms with Gasteiger partial charge in [0.05, 0.1) is 27.7 Å². The minimum atomic E-state index is -4.63. The van der Waals surface area contributed by atoms with E-state index in [-0.39, 0.29) is 26.1 Å². The molecule has 0 spiro atoms. The van der Waals surface area contributed by atoms with Crippen molar-refractivity contribution in [3.8, 4) is 0 Å². The molecule has 0 aliphatic heterocycles. The fourth-order valence-corrected chi connectivity index (χ4v) is 5.67. The number of phosphoric acid groups is 1. The van der Waals surface area contributed by atoms with E-state index in [1.807, 2.05) is 27.2 Å². The Bertz CT molecular complexity index is 1020. The standard InChI is InChI=1S/C41H74NO8P/c1-6-8-10-12-14-16-18-19-20-21-22-23-24-26-27-29-31-33-40(43)47-37-39(38-49-51(45,46)48-36-35-42(3,4)5)50-41(44)34-32-30-28-25-17-15-13-11-9-7-2/h14,16,19-20,22-23,26-27,39H,6-13,15,17-18,21,24-25,28-38H2,1-5H3/b16-14-,20-19-,23-22-,27-26-/t39-/m1/s1. The van der Waals surface area contributed by atoms with Gasteiger partial charge in [-0.3, -0.25) is 14.2 Å². The van der Waals surface area contributed by atoms with Crippen molar-refractivity contribution in [1.29, 1.82) is 0 Å². The number of likely N-dealkylation sites (N-methyl/N-ethyl adjacent to an activating group) is 1. The molecule has 0 aromatic rings. The number of hydrogen-bond donors (Lipinski definition) is 0. The van der Waals surface area contributed by atoms with Crippen LogP contribution in [0.5, 0.6) is 0 Å². The van der Waals surface area contributed by atoms with E-state index < -0.39 is 32.5 Å². The molecule has 0 saturated heterocycles. The molecule has 0 rings (SSSR count). The summed E-state index contributed by atoms with van der Waals surface area (Å²) in [7, 11) is 1.13. The first-order chi connectivity index (χ1) is 24.5. The summed E-state index contributed by atoms with van der Waals surface area (Å²) < 4.78 is 33.7. The third-order valence-electron chi connectivity index (χ3n) is 8.10. The summed E-state index contributed by atoms with van der Waals surface area (Å²) in [5.74, 6) is -0.905. The molecule has 2 atom stereocenters. The quantitative estimate of drug-likeness (QED) is 0.0208. The van der Waals surface area contributed by atoms with E-state index in [1.165, 1.54) is 64.2 Å². The summed E-state index contributed by atoms with van der Waals surface area (Å²) in [5, 5.41) is 0. The number of ether oxygens (including phenoxy) is 2. The van der Waals surface area contributed by atoms with Crippen molar-refractivity contribution in [2.75, 3.05) is 47.5 Å². The van der Waals surface area contributed by atoms with E-state index in [1.54, 1.807) is 0 Å². The highest BCUT2D eigenvalue weighted by Gasteiger charge is 2.21. The number of phosphoric ester groups is 1. The van der Waals surface area contributed by atoms with Gasteiger partial charge in [-0.2, -0.15) is 0 Å². The van der Waals surface area contributed by atoms with Crippen molar-refractivity contribution in [3.63, 3.8) is 0 Å². The van der Waals surface area contributed by atoms with Crippen molar-refractivity contribution in [3.05, 3.63) is 48.6 Å². The number of nitrogens with zero attached hydrogens (tertiary/aromatic N) is 1. The molecule has 10 heteroatoms. The molecule has 0 aliphatic carbocycles. The fourth-order valence-electron chi connectivity index (χ4n) is 4.94. The smallest absolute Gasteiger partial charge is 0.306 e. The lowest BCUT2D eigenvalue weighted by molar-refractivity contribution is -0.870. The van der Waals surface area contributed by atoms with E-state index in [9.17, 15) is 19.0 Å². The molecule has 0 N–H and O–H groups in total. The predicted molar refractivity (Wildman–Crippen MR) is 208 cm³/mol. The van der Waals surface area contributed by atoms with Gasteiger partial charge < -0.3 is 27.9 Å². The number of quaternary nitrogens is 1. The molecule has 0 saturated carbocycles. The second-order valence-corrected chi connectivity index (χ2v) is 15.7. The van der Waals surface area contributed by atoms with Gasteiger partial charge in [-0.25, -0.2) is 0 Å². The Morgan fingerprint density at radius 3 is 1.63 bits per heavy atom. The van der Waals surface area contributed by atoms with Crippen LogP contribution in [0.3, 0.4) is 0 Å². The molecule has 0 aliphatic rings. The van der Waals surface area contributed by atoms with Crippen LogP contribution in [0.2, 0.25) is 0 Å². The highest BCUT2D eigenvalue weighted by molar-refractivity contribution is 7.45. The number of hydrogen-bond acceptors (Lipinski definition) is 8. The fraction of sp³-hybridized carbons (Fsp3) is 0.756. The molecule has 296 valence electrons. The maximum atomic E-state index is 12.6. The monoisotopic (exact) mass is 740 g/mol. The normalized spacial score (nSPS) is 14.2. The summed E-state index contributed by atoms with van der Waals surface area (Å²) in [6, 6.07) is 0. The van der Waals surface area contributed by atoms with Crippen LogP contribution < -0.4 is 4.89 Å². The van der Waals surface area contributed by atoms with E-state index >= 15 is 0 Å². The van der Waals surface area contributed by atoms with Gasteiger partial charge in [-0.15, -0.1) is 0 Å². The van der Waals surface area contributed by atoms with Crippen molar-refractivity contribution in [2.24, 2.45) is 0 Å². The van der Waals surface area contributed by atoms with Gasteiger partial charge in [-0.1, -0.05) is 133 Å². The zero-order valence-electron chi connectivity index (χ0n) is 33.0. The molecule has 9 nitrogen and oxygen atoms in total. The first kappa shape index (κ1) is 49.0. The minimum absolute atomic E-state index is 0.0398. The van der Waals surface area contributed by atoms with Gasteiger partial charge in [0.25, 0.3) is 7.82 Å². The summed E-state index contributed by atoms with van der Waals surface area (Å²) in [5.41, 5.74) is 0. The second kappa shape index (κ2) is 33.8. The average Bonchev–Trinajstić information content (AvgIpc) is 3.07. The van der Waals surface area contributed by atoms with Crippen LogP contribution in [0.1, 0.15) is 149 Å². The number of allylic oxidation sites excluding steroid dienone is 8. The van der Waals surface area contributed by atoms with Gasteiger partial charge in [0, 0.05) is 12.8 Å². The molecular weight excluding hydrogens is 665 g/mol. The minimum Gasteiger partial charge on any atom is -0.756 e. The molecular formula is C41H74NO8P. The van der Waals surface area contributed by atoms with Crippen LogP contribution in [-0.2, 0) is 32.7 Å². The van der Waals surface area contributed by atoms with E-state index in [2.05, 4.69) is 56.4 Å². The molecule has 0 bridgehead atoms. The average molecular weight is 740 g/mol. The highest BCUT2D eigenvalue weighted by atomic mass is 31.2. The number of esters is 2. The second-order valence-electron chi connectivity index (χ2n) is 14.3. The van der Waals surface area contributed by atoms with Crippen LogP contribution in [0.25, 0.3) is 0 Å². The SMILES string of the molecule is CCCCC/C=C\C/C=C\C/C=C\C/C=C\CCCC(=O)OC[C@H](COP(=O)([O-])OCC[N+](C)(C)C)OC(=O)CCCCCCCCCCCC. The molecule has 51 heavy (non-hydrogen) atoms. The van der Waals surface area contributed by atoms with Gasteiger partial charge in [0.15, 0.2) is 6.10 Å². The molecule has 1 unspecified atom stereocenters. The molecule has 0 amide bonds. The third kappa shape index (κ3) is 37.5. The topological polar surface area (TPSA) is 111 Å². The van der Waals surface area contributed by atoms with Crippen LogP contribution in [0.4, 0.5) is 0 Å². The largest absolute Gasteiger partial charge is 0.756 e. The summed E-state index contributed by atoms with van der Waals surface area (Å²) in [6.45, 7) is 4.10. The van der Waals surface area contributed by atoms with E-state index in [4.69, 9.17) is 18.5 Å². The van der Waals surface area contributed by atoms with Crippen molar-refractivity contribution < 1.29 is 42.1 Å². The maximum Gasteiger partial charge on any atom is 0.306 e. The van der Waals surface area contributed by atoms with Crippen LogP contribution in [-0.4, -0.2) is 70.0 Å². The lowest BCUT2D eigenvalue weighted by Gasteiger charge is -2.28. The van der Waals surface area contributed by atoms with Gasteiger partial charge >= 0.3 is 11.9 Å². The van der Waals surface area contributed by atoms with E-state index in [0.717, 1.165) is 44.9 Å². The molecule has 0 radical (unpaired) electrons.